The van der Waals surface area contributed by atoms with Crippen LogP contribution < -0.4 is 5.32 Å². The molecule has 184 valence electrons. The van der Waals surface area contributed by atoms with E-state index in [1.165, 1.54) is 0 Å². The number of aliphatic hydroxyl groups is 1. The van der Waals surface area contributed by atoms with Gasteiger partial charge in [0.25, 0.3) is 0 Å². The molecule has 33 heavy (non-hydrogen) atoms. The number of β-amino-alcohol motifs (C(OH)–C–C–N with tert-alkyl or cyclic N) is 1. The van der Waals surface area contributed by atoms with Gasteiger partial charge in [0.05, 0.1) is 11.8 Å². The average molecular weight is 461 g/mol. The van der Waals surface area contributed by atoms with Crippen molar-refractivity contribution < 1.29 is 14.7 Å². The van der Waals surface area contributed by atoms with Gasteiger partial charge in [-0.25, -0.2) is 4.68 Å². The van der Waals surface area contributed by atoms with Gasteiger partial charge in [0.15, 0.2) is 0 Å². The van der Waals surface area contributed by atoms with Crippen LogP contribution in [0.15, 0.2) is 6.20 Å². The molecule has 1 aliphatic heterocycles. The predicted octanol–water partition coefficient (Wildman–Crippen LogP) is 1.55. The van der Waals surface area contributed by atoms with E-state index in [1.807, 2.05) is 27.0 Å². The Bertz CT molecular complexity index is 900. The van der Waals surface area contributed by atoms with Crippen LogP contribution in [0.3, 0.4) is 0 Å². The van der Waals surface area contributed by atoms with E-state index in [2.05, 4.69) is 48.5 Å². The zero-order chi connectivity index (χ0) is 24.3. The Hall–Kier alpha value is -2.00. The van der Waals surface area contributed by atoms with Gasteiger partial charge in [-0.2, -0.15) is 0 Å². The normalized spacial score (nSPS) is 30.3. The molecule has 0 bridgehead atoms. The van der Waals surface area contributed by atoms with Gasteiger partial charge in [0, 0.05) is 42.6 Å². The van der Waals surface area contributed by atoms with Crippen LogP contribution in [0, 0.1) is 10.8 Å². The van der Waals surface area contributed by atoms with Crippen LogP contribution in [-0.4, -0.2) is 86.6 Å². The largest absolute Gasteiger partial charge is 0.391 e. The summed E-state index contributed by atoms with van der Waals surface area (Å²) < 4.78 is 1.66. The summed E-state index contributed by atoms with van der Waals surface area (Å²) in [7, 11) is 4.12. The maximum atomic E-state index is 13.8. The summed E-state index contributed by atoms with van der Waals surface area (Å²) in [5.41, 5.74) is 0.434. The third-order valence-electron chi connectivity index (χ3n) is 7.86. The van der Waals surface area contributed by atoms with Crippen molar-refractivity contribution in [3.63, 3.8) is 0 Å². The first-order valence-corrected chi connectivity index (χ1v) is 12.2. The fourth-order valence-corrected chi connectivity index (χ4v) is 5.62. The highest BCUT2D eigenvalue weighted by Crippen LogP contribution is 2.43. The average Bonchev–Trinajstić information content (AvgIpc) is 3.31. The van der Waals surface area contributed by atoms with Crippen molar-refractivity contribution in [1.29, 1.82) is 0 Å². The number of nitrogens with zero attached hydrogens (tertiary/aromatic N) is 5. The van der Waals surface area contributed by atoms with Crippen LogP contribution in [0.5, 0.6) is 0 Å². The molecule has 2 unspecified atom stereocenters. The summed E-state index contributed by atoms with van der Waals surface area (Å²) >= 11 is 0. The van der Waals surface area contributed by atoms with E-state index in [1.54, 1.807) is 9.58 Å². The lowest BCUT2D eigenvalue weighted by atomic mass is 9.62. The van der Waals surface area contributed by atoms with Gasteiger partial charge in [0.2, 0.25) is 11.8 Å². The molecule has 9 nitrogen and oxygen atoms in total. The lowest BCUT2D eigenvalue weighted by Crippen LogP contribution is -2.66. The van der Waals surface area contributed by atoms with Crippen LogP contribution in [-0.2, 0) is 9.59 Å². The van der Waals surface area contributed by atoms with E-state index in [-0.39, 0.29) is 36.2 Å². The Morgan fingerprint density at radius 2 is 1.91 bits per heavy atom. The number of aromatic nitrogens is 3. The fraction of sp³-hybridized carbons (Fsp3) is 0.833. The quantitative estimate of drug-likeness (QED) is 0.668. The standard InChI is InChI=1S/C24H40N6O3/c1-23(2,3)20(30-13-16(26-27-30)14-8-9-14)22(33)29-12-15(31)10-17(29)21(32)25-18-11-19(28(6)7)24(18,4)5/h13-15,17-20,31H,8-12H2,1-7H3,(H,25,32)/t15-,17+,18?,19?,20-/m0/s1. The van der Waals surface area contributed by atoms with Crippen molar-refractivity contribution in [2.24, 2.45) is 10.8 Å². The van der Waals surface area contributed by atoms with Gasteiger partial charge in [-0.1, -0.05) is 39.8 Å². The molecule has 2 aliphatic carbocycles. The first kappa shape index (κ1) is 24.1. The molecule has 2 N–H and O–H groups in total. The molecule has 0 spiro atoms. The Balaban J connectivity index is 1.51. The van der Waals surface area contributed by atoms with E-state index < -0.39 is 23.6 Å². The first-order chi connectivity index (χ1) is 15.3. The van der Waals surface area contributed by atoms with E-state index in [0.29, 0.717) is 12.0 Å². The maximum Gasteiger partial charge on any atom is 0.248 e. The third-order valence-corrected chi connectivity index (χ3v) is 7.86. The van der Waals surface area contributed by atoms with Crippen LogP contribution >= 0.6 is 0 Å². The minimum absolute atomic E-state index is 0.0434. The fourth-order valence-electron chi connectivity index (χ4n) is 5.62. The van der Waals surface area contributed by atoms with E-state index in [0.717, 1.165) is 25.0 Å². The van der Waals surface area contributed by atoms with Gasteiger partial charge in [-0.15, -0.1) is 5.10 Å². The summed E-state index contributed by atoms with van der Waals surface area (Å²) in [5.74, 6) is 0.0732. The molecule has 0 radical (unpaired) electrons. The smallest absolute Gasteiger partial charge is 0.248 e. The number of hydrogen-bond acceptors (Lipinski definition) is 6. The SMILES string of the molecule is CN(C)C1CC(NC(=O)[C@H]2C[C@H](O)CN2C(=O)[C@H](n2cc(C3CC3)nn2)C(C)(C)C)C1(C)C. The molecule has 2 amide bonds. The summed E-state index contributed by atoms with van der Waals surface area (Å²) in [4.78, 5) is 30.9. The van der Waals surface area contributed by atoms with Crippen LogP contribution in [0.25, 0.3) is 0 Å². The molecule has 2 heterocycles. The van der Waals surface area contributed by atoms with Crippen molar-refractivity contribution >= 4 is 11.8 Å². The van der Waals surface area contributed by atoms with E-state index >= 15 is 0 Å². The van der Waals surface area contributed by atoms with Gasteiger partial charge in [0.1, 0.15) is 12.1 Å². The summed E-state index contributed by atoms with van der Waals surface area (Å²) in [5, 5.41) is 22.2. The summed E-state index contributed by atoms with van der Waals surface area (Å²) in [6.45, 7) is 10.5. The van der Waals surface area contributed by atoms with Crippen LogP contribution in [0.2, 0.25) is 0 Å². The van der Waals surface area contributed by atoms with Crippen LogP contribution in [0.4, 0.5) is 0 Å². The van der Waals surface area contributed by atoms with Gasteiger partial charge >= 0.3 is 0 Å². The summed E-state index contributed by atoms with van der Waals surface area (Å²) in [6.07, 6.45) is 4.52. The highest BCUT2D eigenvalue weighted by atomic mass is 16.3. The second-order valence-corrected chi connectivity index (χ2v) is 12.2. The maximum absolute atomic E-state index is 13.8. The number of hydrogen-bond donors (Lipinski definition) is 2. The number of likely N-dealkylation sites (tertiary alicyclic amines) is 1. The lowest BCUT2D eigenvalue weighted by molar-refractivity contribution is -0.145. The molecule has 0 aromatic carbocycles. The first-order valence-electron chi connectivity index (χ1n) is 12.2. The number of carbonyl (C=O) groups excluding carboxylic acids is 2. The van der Waals surface area contributed by atoms with Crippen molar-refractivity contribution in [2.45, 2.75) is 96.5 Å². The van der Waals surface area contributed by atoms with E-state index in [9.17, 15) is 14.7 Å². The van der Waals surface area contributed by atoms with Gasteiger partial charge < -0.3 is 20.2 Å². The molecule has 4 rings (SSSR count). The third kappa shape index (κ3) is 4.54. The van der Waals surface area contributed by atoms with Crippen molar-refractivity contribution in [3.05, 3.63) is 11.9 Å². The molecule has 9 heteroatoms. The minimum atomic E-state index is -0.716. The van der Waals surface area contributed by atoms with Crippen LogP contribution in [0.1, 0.15) is 78.0 Å². The molecule has 2 saturated carbocycles. The zero-order valence-corrected chi connectivity index (χ0v) is 21.1. The molecule has 1 aromatic rings. The molecular weight excluding hydrogens is 420 g/mol. The Kier molecular flexibility index (Phi) is 6.10. The van der Waals surface area contributed by atoms with Crippen molar-refractivity contribution in [1.82, 2.24) is 30.1 Å². The number of carbonyl (C=O) groups is 2. The molecule has 3 fully saturated rings. The predicted molar refractivity (Wildman–Crippen MR) is 124 cm³/mol. The summed E-state index contributed by atoms with van der Waals surface area (Å²) in [6, 6.07) is -0.843. The van der Waals surface area contributed by atoms with Gasteiger partial charge in [-0.05, 0) is 38.8 Å². The molecule has 5 atom stereocenters. The molecule has 3 aliphatic rings. The molecule has 1 aromatic heterocycles. The highest BCUT2D eigenvalue weighted by molar-refractivity contribution is 5.90. The monoisotopic (exact) mass is 460 g/mol. The molecule has 1 saturated heterocycles. The number of aliphatic hydroxyl groups excluding tert-OH is 1. The zero-order valence-electron chi connectivity index (χ0n) is 21.1. The Morgan fingerprint density at radius 3 is 2.45 bits per heavy atom. The Morgan fingerprint density at radius 1 is 1.24 bits per heavy atom. The number of amides is 2. The minimum Gasteiger partial charge on any atom is -0.391 e. The topological polar surface area (TPSA) is 104 Å². The van der Waals surface area contributed by atoms with Crippen molar-refractivity contribution in [2.75, 3.05) is 20.6 Å². The highest BCUT2D eigenvalue weighted by Gasteiger charge is 2.52. The second kappa shape index (κ2) is 8.34. The van der Waals surface area contributed by atoms with Gasteiger partial charge in [-0.3, -0.25) is 9.59 Å². The van der Waals surface area contributed by atoms with E-state index in [4.69, 9.17) is 0 Å². The number of rotatable bonds is 6. The lowest BCUT2D eigenvalue weighted by Gasteiger charge is -2.55. The molecular formula is C24H40N6O3. The second-order valence-electron chi connectivity index (χ2n) is 12.2. The number of nitrogens with one attached hydrogen (secondary N) is 1. The Labute approximate surface area is 196 Å². The van der Waals surface area contributed by atoms with Crippen molar-refractivity contribution in [3.8, 4) is 0 Å².